The zero-order valence-corrected chi connectivity index (χ0v) is 15.6. The number of anilines is 2. The Kier molecular flexibility index (Phi) is 5.97. The Morgan fingerprint density at radius 3 is 2.16 bits per heavy atom. The molecular weight excluding hydrogens is 312 g/mol. The third kappa shape index (κ3) is 4.69. The fraction of sp³-hybridized carbons (Fsp3) is 0.333. The topological polar surface area (TPSA) is 58.2 Å². The van der Waals surface area contributed by atoms with Crippen LogP contribution in [0.15, 0.2) is 36.4 Å². The molecule has 0 saturated carbocycles. The molecule has 0 aliphatic rings. The molecule has 0 aromatic heterocycles. The maximum absolute atomic E-state index is 12.3. The highest BCUT2D eigenvalue weighted by Crippen LogP contribution is 2.27. The van der Waals surface area contributed by atoms with Crippen LogP contribution in [-0.2, 0) is 9.59 Å². The van der Waals surface area contributed by atoms with Crippen molar-refractivity contribution in [1.29, 1.82) is 0 Å². The van der Waals surface area contributed by atoms with E-state index < -0.39 is 0 Å². The zero-order chi connectivity index (χ0) is 18.6. The van der Waals surface area contributed by atoms with Crippen LogP contribution in [0.4, 0.5) is 11.4 Å². The number of para-hydroxylation sites is 1. The van der Waals surface area contributed by atoms with Crippen molar-refractivity contribution in [3.63, 3.8) is 0 Å². The highest BCUT2D eigenvalue weighted by Gasteiger charge is 2.15. The van der Waals surface area contributed by atoms with Gasteiger partial charge in [0.15, 0.2) is 0 Å². The van der Waals surface area contributed by atoms with Gasteiger partial charge < -0.3 is 10.6 Å². The molecule has 0 spiro atoms. The maximum atomic E-state index is 12.3. The highest BCUT2D eigenvalue weighted by molar-refractivity contribution is 6.08. The SMILES string of the molecule is Cc1cccc(NC(=O)CC(=O)Nc2c(C)cccc2C(C)C)c1C. The molecule has 2 rings (SSSR count). The Balaban J connectivity index is 2.06. The molecular formula is C21H26N2O2. The molecule has 4 nitrogen and oxygen atoms in total. The maximum Gasteiger partial charge on any atom is 0.233 e. The first kappa shape index (κ1) is 18.7. The normalized spacial score (nSPS) is 10.6. The Morgan fingerprint density at radius 2 is 1.48 bits per heavy atom. The molecule has 0 heterocycles. The van der Waals surface area contributed by atoms with Gasteiger partial charge in [-0.25, -0.2) is 0 Å². The number of amides is 2. The summed E-state index contributed by atoms with van der Waals surface area (Å²) in [4.78, 5) is 24.5. The summed E-state index contributed by atoms with van der Waals surface area (Å²) >= 11 is 0. The molecule has 0 bridgehead atoms. The molecule has 25 heavy (non-hydrogen) atoms. The van der Waals surface area contributed by atoms with Crippen LogP contribution in [0.25, 0.3) is 0 Å². The van der Waals surface area contributed by atoms with E-state index in [1.807, 2.05) is 57.2 Å². The molecule has 0 unspecified atom stereocenters. The van der Waals surface area contributed by atoms with Gasteiger partial charge in [0.25, 0.3) is 0 Å². The number of nitrogens with one attached hydrogen (secondary N) is 2. The van der Waals surface area contributed by atoms with Crippen molar-refractivity contribution in [1.82, 2.24) is 0 Å². The van der Waals surface area contributed by atoms with Crippen LogP contribution in [-0.4, -0.2) is 11.8 Å². The Hall–Kier alpha value is -2.62. The number of benzene rings is 2. The minimum Gasteiger partial charge on any atom is -0.325 e. The molecule has 0 aliphatic heterocycles. The number of aryl methyl sites for hydroxylation is 2. The number of carbonyl (C=O) groups excluding carboxylic acids is 2. The van der Waals surface area contributed by atoms with Gasteiger partial charge in [-0.15, -0.1) is 0 Å². The van der Waals surface area contributed by atoms with Crippen molar-refractivity contribution in [2.75, 3.05) is 10.6 Å². The van der Waals surface area contributed by atoms with Crippen LogP contribution in [0.3, 0.4) is 0 Å². The number of carbonyl (C=O) groups is 2. The van der Waals surface area contributed by atoms with E-state index in [9.17, 15) is 9.59 Å². The van der Waals surface area contributed by atoms with Crippen molar-refractivity contribution in [3.8, 4) is 0 Å². The largest absolute Gasteiger partial charge is 0.325 e. The van der Waals surface area contributed by atoms with Gasteiger partial charge in [-0.3, -0.25) is 9.59 Å². The predicted molar refractivity (Wildman–Crippen MR) is 103 cm³/mol. The van der Waals surface area contributed by atoms with Gasteiger partial charge >= 0.3 is 0 Å². The Bertz CT molecular complexity index is 794. The van der Waals surface area contributed by atoms with Gasteiger partial charge in [0, 0.05) is 11.4 Å². The molecule has 2 N–H and O–H groups in total. The smallest absolute Gasteiger partial charge is 0.233 e. The minimum atomic E-state index is -0.314. The lowest BCUT2D eigenvalue weighted by Gasteiger charge is -2.16. The summed E-state index contributed by atoms with van der Waals surface area (Å²) in [5.41, 5.74) is 5.73. The monoisotopic (exact) mass is 338 g/mol. The van der Waals surface area contributed by atoms with Gasteiger partial charge in [0.05, 0.1) is 0 Å². The average Bonchev–Trinajstić information content (AvgIpc) is 2.53. The minimum absolute atomic E-state index is 0.209. The third-order valence-corrected chi connectivity index (χ3v) is 4.39. The van der Waals surface area contributed by atoms with Crippen LogP contribution in [0, 0.1) is 20.8 Å². The fourth-order valence-electron chi connectivity index (χ4n) is 2.75. The van der Waals surface area contributed by atoms with E-state index in [2.05, 4.69) is 24.5 Å². The average molecular weight is 338 g/mol. The van der Waals surface area contributed by atoms with Crippen LogP contribution in [0.2, 0.25) is 0 Å². The van der Waals surface area contributed by atoms with Gasteiger partial charge in [0.2, 0.25) is 11.8 Å². The summed E-state index contributed by atoms with van der Waals surface area (Å²) in [7, 11) is 0. The highest BCUT2D eigenvalue weighted by atomic mass is 16.2. The summed E-state index contributed by atoms with van der Waals surface area (Å²) < 4.78 is 0. The molecule has 132 valence electrons. The summed E-state index contributed by atoms with van der Waals surface area (Å²) in [6.45, 7) is 10.1. The molecule has 0 fully saturated rings. The molecule has 2 aromatic carbocycles. The Labute approximate surface area is 149 Å². The van der Waals surface area contributed by atoms with Crippen LogP contribution in [0.5, 0.6) is 0 Å². The molecule has 0 saturated heterocycles. The van der Waals surface area contributed by atoms with E-state index in [-0.39, 0.29) is 18.2 Å². The van der Waals surface area contributed by atoms with E-state index in [4.69, 9.17) is 0 Å². The molecule has 0 atom stereocenters. The number of hydrogen-bond donors (Lipinski definition) is 2. The van der Waals surface area contributed by atoms with Crippen LogP contribution < -0.4 is 10.6 Å². The number of hydrogen-bond acceptors (Lipinski definition) is 2. The van der Waals surface area contributed by atoms with Gasteiger partial charge in [0.1, 0.15) is 6.42 Å². The third-order valence-electron chi connectivity index (χ3n) is 4.39. The summed E-state index contributed by atoms with van der Waals surface area (Å²) in [5, 5.41) is 5.72. The van der Waals surface area contributed by atoms with Gasteiger partial charge in [-0.2, -0.15) is 0 Å². The number of rotatable bonds is 5. The molecule has 4 heteroatoms. The van der Waals surface area contributed by atoms with Crippen molar-refractivity contribution in [2.24, 2.45) is 0 Å². The van der Waals surface area contributed by atoms with E-state index in [1.165, 1.54) is 0 Å². The first-order valence-corrected chi connectivity index (χ1v) is 8.55. The molecule has 0 aliphatic carbocycles. The van der Waals surface area contributed by atoms with Gasteiger partial charge in [-0.05, 0) is 55.0 Å². The second kappa shape index (κ2) is 7.97. The van der Waals surface area contributed by atoms with Crippen molar-refractivity contribution in [2.45, 2.75) is 47.0 Å². The Morgan fingerprint density at radius 1 is 0.880 bits per heavy atom. The molecule has 2 aromatic rings. The standard InChI is InChI=1S/C21H26N2O2/c1-13(2)17-10-6-9-15(4)21(17)23-20(25)12-19(24)22-18-11-7-8-14(3)16(18)5/h6-11,13H,12H2,1-5H3,(H,22,24)(H,23,25). The summed E-state index contributed by atoms with van der Waals surface area (Å²) in [5.74, 6) is -0.330. The molecule has 2 amide bonds. The summed E-state index contributed by atoms with van der Waals surface area (Å²) in [6.07, 6.45) is -0.209. The van der Waals surface area contributed by atoms with Crippen LogP contribution in [0.1, 0.15) is 48.4 Å². The van der Waals surface area contributed by atoms with Crippen molar-refractivity contribution in [3.05, 3.63) is 58.7 Å². The zero-order valence-electron chi connectivity index (χ0n) is 15.6. The van der Waals surface area contributed by atoms with Crippen LogP contribution >= 0.6 is 0 Å². The lowest BCUT2D eigenvalue weighted by atomic mass is 9.98. The fourth-order valence-corrected chi connectivity index (χ4v) is 2.75. The quantitative estimate of drug-likeness (QED) is 0.776. The van der Waals surface area contributed by atoms with Crippen molar-refractivity contribution >= 4 is 23.2 Å². The summed E-state index contributed by atoms with van der Waals surface area (Å²) in [6, 6.07) is 11.7. The molecule has 0 radical (unpaired) electrons. The predicted octanol–water partition coefficient (Wildman–Crippen LogP) is 4.70. The second-order valence-electron chi connectivity index (χ2n) is 6.71. The second-order valence-corrected chi connectivity index (χ2v) is 6.71. The first-order valence-electron chi connectivity index (χ1n) is 8.55. The van der Waals surface area contributed by atoms with E-state index >= 15 is 0 Å². The van der Waals surface area contributed by atoms with Gasteiger partial charge in [-0.1, -0.05) is 44.2 Å². The van der Waals surface area contributed by atoms with E-state index in [0.29, 0.717) is 5.92 Å². The van der Waals surface area contributed by atoms with E-state index in [0.717, 1.165) is 33.6 Å². The lowest BCUT2D eigenvalue weighted by Crippen LogP contribution is -2.22. The lowest BCUT2D eigenvalue weighted by molar-refractivity contribution is -0.123. The van der Waals surface area contributed by atoms with Crippen molar-refractivity contribution < 1.29 is 9.59 Å². The first-order chi connectivity index (χ1) is 11.8. The van der Waals surface area contributed by atoms with E-state index in [1.54, 1.807) is 0 Å².